The Hall–Kier alpha value is -0.130. The number of sulfone groups is 1. The van der Waals surface area contributed by atoms with Gasteiger partial charge in [0.15, 0.2) is 9.84 Å². The Morgan fingerprint density at radius 3 is 2.47 bits per heavy atom. The molecule has 2 N–H and O–H groups in total. The molecule has 0 aliphatic carbocycles. The van der Waals surface area contributed by atoms with Crippen molar-refractivity contribution in [3.8, 4) is 0 Å². The van der Waals surface area contributed by atoms with E-state index in [1.807, 2.05) is 20.8 Å². The van der Waals surface area contributed by atoms with Crippen molar-refractivity contribution in [3.63, 3.8) is 0 Å². The summed E-state index contributed by atoms with van der Waals surface area (Å²) in [6.07, 6.45) is 1.12. The second-order valence-electron chi connectivity index (χ2n) is 5.52. The van der Waals surface area contributed by atoms with Crippen molar-refractivity contribution >= 4 is 9.84 Å². The van der Waals surface area contributed by atoms with Crippen LogP contribution in [0.4, 0.5) is 0 Å². The van der Waals surface area contributed by atoms with E-state index in [-0.39, 0.29) is 17.0 Å². The minimum Gasteiger partial charge on any atom is -0.388 e. The van der Waals surface area contributed by atoms with Gasteiger partial charge in [-0.2, -0.15) is 0 Å². The highest BCUT2D eigenvalue weighted by Gasteiger charge is 2.37. The largest absolute Gasteiger partial charge is 0.388 e. The molecule has 1 rings (SSSR count). The Morgan fingerprint density at radius 2 is 2.00 bits per heavy atom. The molecule has 1 fully saturated rings. The lowest BCUT2D eigenvalue weighted by Gasteiger charge is -2.34. The zero-order valence-electron chi connectivity index (χ0n) is 9.71. The number of β-amino-alcohol motifs (C(OH)–C–C–N with tert-alkyl or cyclic N) is 1. The maximum Gasteiger partial charge on any atom is 0.153 e. The zero-order chi connectivity index (χ0) is 11.7. The number of hydrogen-bond donors (Lipinski definition) is 2. The second kappa shape index (κ2) is 4.03. The van der Waals surface area contributed by atoms with Crippen molar-refractivity contribution in [1.29, 1.82) is 0 Å². The van der Waals surface area contributed by atoms with Crippen LogP contribution in [0.3, 0.4) is 0 Å². The van der Waals surface area contributed by atoms with Gasteiger partial charge in [0.1, 0.15) is 0 Å². The lowest BCUT2D eigenvalue weighted by Crippen LogP contribution is -2.53. The molecule has 1 unspecified atom stereocenters. The van der Waals surface area contributed by atoms with Crippen molar-refractivity contribution in [1.82, 2.24) is 5.32 Å². The molecule has 1 atom stereocenters. The van der Waals surface area contributed by atoms with E-state index in [4.69, 9.17) is 0 Å². The average molecular weight is 235 g/mol. The highest BCUT2D eigenvalue weighted by atomic mass is 32.2. The third-order valence-corrected chi connectivity index (χ3v) is 4.42. The zero-order valence-corrected chi connectivity index (χ0v) is 10.5. The topological polar surface area (TPSA) is 66.4 Å². The van der Waals surface area contributed by atoms with Gasteiger partial charge in [0.2, 0.25) is 0 Å². The molecule has 0 aromatic heterocycles. The Morgan fingerprint density at radius 1 is 1.40 bits per heavy atom. The predicted octanol–water partition coefficient (Wildman–Crippen LogP) is 0.314. The molecule has 15 heavy (non-hydrogen) atoms. The van der Waals surface area contributed by atoms with E-state index >= 15 is 0 Å². The summed E-state index contributed by atoms with van der Waals surface area (Å²) in [5.74, 6) is 0.105. The van der Waals surface area contributed by atoms with Crippen molar-refractivity contribution in [2.24, 2.45) is 0 Å². The molecule has 0 saturated carbocycles. The van der Waals surface area contributed by atoms with Crippen LogP contribution in [0.2, 0.25) is 0 Å². The van der Waals surface area contributed by atoms with Crippen LogP contribution in [0.25, 0.3) is 0 Å². The van der Waals surface area contributed by atoms with Crippen LogP contribution in [0, 0.1) is 0 Å². The highest BCUT2D eigenvalue weighted by Crippen LogP contribution is 2.22. The van der Waals surface area contributed by atoms with E-state index in [1.54, 1.807) is 0 Å². The predicted molar refractivity (Wildman–Crippen MR) is 60.6 cm³/mol. The van der Waals surface area contributed by atoms with E-state index in [0.717, 1.165) is 0 Å². The Kier molecular flexibility index (Phi) is 3.48. The molecule has 0 aromatic rings. The fourth-order valence-corrected chi connectivity index (χ4v) is 3.54. The van der Waals surface area contributed by atoms with Crippen molar-refractivity contribution in [2.45, 2.75) is 44.8 Å². The van der Waals surface area contributed by atoms with Crippen molar-refractivity contribution in [2.75, 3.05) is 18.1 Å². The van der Waals surface area contributed by atoms with Crippen LogP contribution in [0.15, 0.2) is 0 Å². The smallest absolute Gasteiger partial charge is 0.153 e. The first-order valence-corrected chi connectivity index (χ1v) is 7.12. The van der Waals surface area contributed by atoms with Crippen LogP contribution in [-0.2, 0) is 9.84 Å². The van der Waals surface area contributed by atoms with Crippen LogP contribution >= 0.6 is 0 Å². The van der Waals surface area contributed by atoms with Crippen LogP contribution in [0.5, 0.6) is 0 Å². The first-order valence-electron chi connectivity index (χ1n) is 5.30. The van der Waals surface area contributed by atoms with E-state index in [1.165, 1.54) is 0 Å². The molecule has 1 aliphatic rings. The molecule has 0 radical (unpaired) electrons. The highest BCUT2D eigenvalue weighted by molar-refractivity contribution is 7.91. The van der Waals surface area contributed by atoms with Gasteiger partial charge in [-0.15, -0.1) is 0 Å². The Bertz CT molecular complexity index is 318. The molecule has 1 heterocycles. The van der Waals surface area contributed by atoms with E-state index in [2.05, 4.69) is 5.32 Å². The summed E-state index contributed by atoms with van der Waals surface area (Å²) < 4.78 is 22.8. The fraction of sp³-hybridized carbons (Fsp3) is 1.00. The van der Waals surface area contributed by atoms with E-state index in [0.29, 0.717) is 19.4 Å². The molecular formula is C10H21NO3S. The molecule has 0 aromatic carbocycles. The van der Waals surface area contributed by atoms with Gasteiger partial charge in [0, 0.05) is 12.1 Å². The summed E-state index contributed by atoms with van der Waals surface area (Å²) in [4.78, 5) is 0. The minimum atomic E-state index is -3.05. The van der Waals surface area contributed by atoms with Gasteiger partial charge in [0.25, 0.3) is 0 Å². The first kappa shape index (κ1) is 12.9. The Labute approximate surface area is 92.0 Å². The van der Waals surface area contributed by atoms with Gasteiger partial charge in [-0.05, 0) is 33.6 Å². The number of aliphatic hydroxyl groups is 1. The molecular weight excluding hydrogens is 214 g/mol. The molecule has 90 valence electrons. The maximum absolute atomic E-state index is 11.4. The van der Waals surface area contributed by atoms with Gasteiger partial charge in [-0.3, -0.25) is 0 Å². The molecule has 4 nitrogen and oxygen atoms in total. The quantitative estimate of drug-likeness (QED) is 0.723. The molecule has 1 saturated heterocycles. The molecule has 5 heteroatoms. The summed E-state index contributed by atoms with van der Waals surface area (Å²) in [6.45, 7) is 6.32. The summed E-state index contributed by atoms with van der Waals surface area (Å²) in [6, 6.07) is 0. The van der Waals surface area contributed by atoms with Gasteiger partial charge in [0.05, 0.1) is 17.1 Å². The summed E-state index contributed by atoms with van der Waals surface area (Å²) in [5, 5.41) is 13.3. The lowest BCUT2D eigenvalue weighted by molar-refractivity contribution is 0.0436. The fourth-order valence-electron chi connectivity index (χ4n) is 1.74. The van der Waals surface area contributed by atoms with Crippen molar-refractivity contribution < 1.29 is 13.5 Å². The van der Waals surface area contributed by atoms with Gasteiger partial charge in [-0.1, -0.05) is 0 Å². The minimum absolute atomic E-state index is 0.100. The van der Waals surface area contributed by atoms with Gasteiger partial charge >= 0.3 is 0 Å². The standard InChI is InChI=1S/C10H21NO3S/c1-9(2,3)11-7-10(12)5-4-6-15(13,14)8-10/h11-12H,4-8H2,1-3H3. The number of nitrogens with one attached hydrogen (secondary N) is 1. The molecule has 0 spiro atoms. The van der Waals surface area contributed by atoms with Crippen LogP contribution in [0.1, 0.15) is 33.6 Å². The SMILES string of the molecule is CC(C)(C)NCC1(O)CCCS(=O)(=O)C1. The normalized spacial score (nSPS) is 31.5. The third-order valence-electron chi connectivity index (χ3n) is 2.53. The second-order valence-corrected chi connectivity index (χ2v) is 7.71. The first-order chi connectivity index (χ1) is 6.62. The summed E-state index contributed by atoms with van der Waals surface area (Å²) in [7, 11) is -3.05. The van der Waals surface area contributed by atoms with Gasteiger partial charge < -0.3 is 10.4 Å². The van der Waals surface area contributed by atoms with E-state index < -0.39 is 15.4 Å². The summed E-state index contributed by atoms with van der Waals surface area (Å²) in [5.41, 5.74) is -1.18. The van der Waals surface area contributed by atoms with Gasteiger partial charge in [-0.25, -0.2) is 8.42 Å². The third kappa shape index (κ3) is 4.49. The number of rotatable bonds is 2. The molecule has 0 bridgehead atoms. The monoisotopic (exact) mass is 235 g/mol. The summed E-state index contributed by atoms with van der Waals surface area (Å²) >= 11 is 0. The van der Waals surface area contributed by atoms with Crippen molar-refractivity contribution in [3.05, 3.63) is 0 Å². The average Bonchev–Trinajstić information content (AvgIpc) is 1.97. The van der Waals surface area contributed by atoms with Crippen LogP contribution < -0.4 is 5.32 Å². The van der Waals surface area contributed by atoms with Crippen LogP contribution in [-0.4, -0.2) is 42.7 Å². The maximum atomic E-state index is 11.4. The van der Waals surface area contributed by atoms with E-state index in [9.17, 15) is 13.5 Å². The molecule has 0 amide bonds. The lowest BCUT2D eigenvalue weighted by atomic mass is 9.98. The Balaban J connectivity index is 2.59. The number of hydrogen-bond acceptors (Lipinski definition) is 4. The molecule has 1 aliphatic heterocycles.